The third-order valence-corrected chi connectivity index (χ3v) is 13.2. The van der Waals surface area contributed by atoms with E-state index in [4.69, 9.17) is 14.2 Å². The van der Waals surface area contributed by atoms with E-state index in [0.717, 1.165) is 63.7 Å². The number of carbonyl (C=O) groups is 3. The number of ether oxygens (including phenoxy) is 3. The van der Waals surface area contributed by atoms with E-state index in [0.29, 0.717) is 19.3 Å². The van der Waals surface area contributed by atoms with Crippen molar-refractivity contribution in [3.05, 3.63) is 0 Å². The molecule has 0 aromatic heterocycles. The second kappa shape index (κ2) is 50.4. The molecule has 0 N–H and O–H groups in total. The van der Waals surface area contributed by atoms with Crippen molar-refractivity contribution in [1.82, 2.24) is 0 Å². The Morgan fingerprint density at radius 1 is 0.323 bits per heavy atom. The van der Waals surface area contributed by atoms with Crippen molar-refractivity contribution in [2.45, 2.75) is 323 Å². The standard InChI is InChI=1S/C56H108O6/c1-5-8-10-12-14-15-16-17-22-26-29-32-36-39-43-47-54(57)60-50-53(62-56(59)49-45-41-34-13-11-9-6-2)51-61-55(58)48-44-40-37-33-30-27-24-21-19-18-20-23-25-28-31-35-38-42-46-52(4)7-3/h52-53H,5-51H2,1-4H3/t52?,53-/m1/s1. The van der Waals surface area contributed by atoms with Gasteiger partial charge in [0.25, 0.3) is 0 Å². The molecule has 0 saturated carbocycles. The van der Waals surface area contributed by atoms with Crippen molar-refractivity contribution in [1.29, 1.82) is 0 Å². The average molecular weight is 877 g/mol. The lowest BCUT2D eigenvalue weighted by Gasteiger charge is -2.18. The van der Waals surface area contributed by atoms with Gasteiger partial charge in [0.2, 0.25) is 0 Å². The Morgan fingerprint density at radius 2 is 0.565 bits per heavy atom. The van der Waals surface area contributed by atoms with Crippen molar-refractivity contribution in [3.8, 4) is 0 Å². The summed E-state index contributed by atoms with van der Waals surface area (Å²) in [5.74, 6) is 0.0631. The zero-order chi connectivity index (χ0) is 45.2. The molecule has 0 aliphatic rings. The van der Waals surface area contributed by atoms with Crippen LogP contribution in [-0.2, 0) is 28.6 Å². The van der Waals surface area contributed by atoms with Gasteiger partial charge in [-0.25, -0.2) is 0 Å². The first-order chi connectivity index (χ1) is 30.4. The highest BCUT2D eigenvalue weighted by atomic mass is 16.6. The quantitative estimate of drug-likeness (QED) is 0.0344. The van der Waals surface area contributed by atoms with Gasteiger partial charge in [0.15, 0.2) is 6.10 Å². The Balaban J connectivity index is 4.08. The summed E-state index contributed by atoms with van der Waals surface area (Å²) in [6.45, 7) is 9.05. The predicted octanol–water partition coefficient (Wildman–Crippen LogP) is 18.2. The molecule has 0 aliphatic carbocycles. The van der Waals surface area contributed by atoms with Gasteiger partial charge in [-0.1, -0.05) is 278 Å². The van der Waals surface area contributed by atoms with Gasteiger partial charge in [0.1, 0.15) is 13.2 Å². The Bertz CT molecular complexity index is 935. The van der Waals surface area contributed by atoms with E-state index in [1.165, 1.54) is 212 Å². The second-order valence-corrected chi connectivity index (χ2v) is 19.5. The molecule has 0 spiro atoms. The molecule has 0 amide bonds. The average Bonchev–Trinajstić information content (AvgIpc) is 3.27. The lowest BCUT2D eigenvalue weighted by Crippen LogP contribution is -2.30. The molecule has 0 fully saturated rings. The molecular formula is C56H108O6. The third-order valence-electron chi connectivity index (χ3n) is 13.2. The van der Waals surface area contributed by atoms with Crippen molar-refractivity contribution in [3.63, 3.8) is 0 Å². The Labute approximate surface area is 387 Å². The van der Waals surface area contributed by atoms with E-state index in [9.17, 15) is 14.4 Å². The molecule has 62 heavy (non-hydrogen) atoms. The Kier molecular flexibility index (Phi) is 49.1. The van der Waals surface area contributed by atoms with Gasteiger partial charge in [-0.2, -0.15) is 0 Å². The molecule has 368 valence electrons. The number of hydrogen-bond acceptors (Lipinski definition) is 6. The van der Waals surface area contributed by atoms with E-state index in [-0.39, 0.29) is 31.1 Å². The lowest BCUT2D eigenvalue weighted by atomic mass is 9.99. The van der Waals surface area contributed by atoms with E-state index in [1.54, 1.807) is 0 Å². The van der Waals surface area contributed by atoms with E-state index in [2.05, 4.69) is 27.7 Å². The van der Waals surface area contributed by atoms with Crippen LogP contribution in [0.3, 0.4) is 0 Å². The maximum Gasteiger partial charge on any atom is 0.306 e. The summed E-state index contributed by atoms with van der Waals surface area (Å²) in [5.41, 5.74) is 0. The molecule has 0 bridgehead atoms. The van der Waals surface area contributed by atoms with E-state index < -0.39 is 6.10 Å². The molecule has 0 heterocycles. The van der Waals surface area contributed by atoms with Gasteiger partial charge in [-0.3, -0.25) is 14.4 Å². The highest BCUT2D eigenvalue weighted by molar-refractivity contribution is 5.71. The fourth-order valence-electron chi connectivity index (χ4n) is 8.54. The summed E-state index contributed by atoms with van der Waals surface area (Å²) in [6, 6.07) is 0. The van der Waals surface area contributed by atoms with E-state index in [1.807, 2.05) is 0 Å². The fraction of sp³-hybridized carbons (Fsp3) is 0.946. The highest BCUT2D eigenvalue weighted by Crippen LogP contribution is 2.18. The molecule has 0 aromatic rings. The van der Waals surface area contributed by atoms with Crippen molar-refractivity contribution in [2.24, 2.45) is 5.92 Å². The van der Waals surface area contributed by atoms with Gasteiger partial charge in [-0.05, 0) is 25.2 Å². The molecule has 2 atom stereocenters. The summed E-state index contributed by atoms with van der Waals surface area (Å²) >= 11 is 0. The maximum atomic E-state index is 12.7. The number of hydrogen-bond donors (Lipinski definition) is 0. The molecule has 6 heteroatoms. The SMILES string of the molecule is CCCCCCCCCCCCCCCCCC(=O)OC[C@H](COC(=O)CCCCCCCCCCCCCCCCCCCCC(C)CC)OC(=O)CCCCCCCCC. The van der Waals surface area contributed by atoms with Crippen LogP contribution in [0, 0.1) is 5.92 Å². The van der Waals surface area contributed by atoms with Crippen LogP contribution in [-0.4, -0.2) is 37.2 Å². The van der Waals surface area contributed by atoms with Gasteiger partial charge in [0, 0.05) is 19.3 Å². The molecule has 6 nitrogen and oxygen atoms in total. The van der Waals surface area contributed by atoms with Gasteiger partial charge < -0.3 is 14.2 Å². The molecule has 0 radical (unpaired) electrons. The van der Waals surface area contributed by atoms with Gasteiger partial charge >= 0.3 is 17.9 Å². The van der Waals surface area contributed by atoms with Crippen LogP contribution in [0.15, 0.2) is 0 Å². The number of esters is 3. The van der Waals surface area contributed by atoms with Crippen LogP contribution < -0.4 is 0 Å². The van der Waals surface area contributed by atoms with Crippen molar-refractivity contribution in [2.75, 3.05) is 13.2 Å². The first-order valence-corrected chi connectivity index (χ1v) is 27.9. The topological polar surface area (TPSA) is 78.9 Å². The summed E-state index contributed by atoms with van der Waals surface area (Å²) in [6.07, 6.45) is 53.9. The first-order valence-electron chi connectivity index (χ1n) is 27.9. The molecule has 0 rings (SSSR count). The zero-order valence-electron chi connectivity index (χ0n) is 42.3. The van der Waals surface area contributed by atoms with Crippen LogP contribution in [0.4, 0.5) is 0 Å². The minimum absolute atomic E-state index is 0.0629. The van der Waals surface area contributed by atoms with Crippen LogP contribution >= 0.6 is 0 Å². The van der Waals surface area contributed by atoms with Crippen LogP contribution in [0.25, 0.3) is 0 Å². The minimum Gasteiger partial charge on any atom is -0.462 e. The summed E-state index contributed by atoms with van der Waals surface area (Å²) < 4.78 is 16.8. The summed E-state index contributed by atoms with van der Waals surface area (Å²) in [7, 11) is 0. The molecule has 0 aromatic carbocycles. The minimum atomic E-state index is -0.759. The number of rotatable bonds is 51. The molecule has 1 unspecified atom stereocenters. The summed E-state index contributed by atoms with van der Waals surface area (Å²) in [4.78, 5) is 37.8. The molecule has 0 aliphatic heterocycles. The van der Waals surface area contributed by atoms with E-state index >= 15 is 0 Å². The lowest BCUT2D eigenvalue weighted by molar-refractivity contribution is -0.167. The molecule has 0 saturated heterocycles. The highest BCUT2D eigenvalue weighted by Gasteiger charge is 2.19. The Hall–Kier alpha value is -1.59. The van der Waals surface area contributed by atoms with Crippen LogP contribution in [0.1, 0.15) is 317 Å². The normalized spacial score (nSPS) is 12.4. The second-order valence-electron chi connectivity index (χ2n) is 19.5. The van der Waals surface area contributed by atoms with Crippen LogP contribution in [0.5, 0.6) is 0 Å². The van der Waals surface area contributed by atoms with Crippen molar-refractivity contribution >= 4 is 17.9 Å². The Morgan fingerprint density at radius 3 is 0.839 bits per heavy atom. The van der Waals surface area contributed by atoms with Gasteiger partial charge in [0.05, 0.1) is 0 Å². The number of unbranched alkanes of at least 4 members (excludes halogenated alkanes) is 37. The van der Waals surface area contributed by atoms with Crippen molar-refractivity contribution < 1.29 is 28.6 Å². The van der Waals surface area contributed by atoms with Gasteiger partial charge in [-0.15, -0.1) is 0 Å². The third kappa shape index (κ3) is 47.9. The summed E-state index contributed by atoms with van der Waals surface area (Å²) in [5, 5.41) is 0. The molecular weight excluding hydrogens is 769 g/mol. The van der Waals surface area contributed by atoms with Crippen LogP contribution in [0.2, 0.25) is 0 Å². The zero-order valence-corrected chi connectivity index (χ0v) is 42.3. The monoisotopic (exact) mass is 877 g/mol. The maximum absolute atomic E-state index is 12.7. The largest absolute Gasteiger partial charge is 0.462 e. The predicted molar refractivity (Wildman–Crippen MR) is 266 cm³/mol. The smallest absolute Gasteiger partial charge is 0.306 e. The fourth-order valence-corrected chi connectivity index (χ4v) is 8.54. The number of carbonyl (C=O) groups excluding carboxylic acids is 3. The first kappa shape index (κ1) is 60.4.